The van der Waals surface area contributed by atoms with Crippen LogP contribution in [0.2, 0.25) is 0 Å². The van der Waals surface area contributed by atoms with Gasteiger partial charge in [-0.15, -0.1) is 0 Å². The second-order valence-electron chi connectivity index (χ2n) is 5.44. The van der Waals surface area contributed by atoms with Crippen molar-refractivity contribution in [1.29, 1.82) is 0 Å². The lowest BCUT2D eigenvalue weighted by atomic mass is 9.85. The summed E-state index contributed by atoms with van der Waals surface area (Å²) in [5.41, 5.74) is 8.73. The predicted octanol–water partition coefficient (Wildman–Crippen LogP) is 3.34. The van der Waals surface area contributed by atoms with Gasteiger partial charge in [0.1, 0.15) is 0 Å². The molecule has 0 amide bonds. The Kier molecular flexibility index (Phi) is 3.92. The fraction of sp³-hybridized carbons (Fsp3) is 0.571. The average Bonchev–Trinajstić information content (AvgIpc) is 2.18. The standard InChI is InChI=1S/C14H23N/c1-11(2)13-7-5-12(6-8-13)9-14(3,4)10-15/h5-8,11H,9-10,15H2,1-4H3. The molecule has 1 aromatic carbocycles. The molecule has 0 bridgehead atoms. The van der Waals surface area contributed by atoms with Crippen molar-refractivity contribution in [3.05, 3.63) is 35.4 Å². The molecule has 0 saturated heterocycles. The fourth-order valence-electron chi connectivity index (χ4n) is 1.65. The Morgan fingerprint density at radius 1 is 1.13 bits per heavy atom. The van der Waals surface area contributed by atoms with Gasteiger partial charge in [-0.25, -0.2) is 0 Å². The molecule has 84 valence electrons. The minimum Gasteiger partial charge on any atom is -0.330 e. The van der Waals surface area contributed by atoms with E-state index in [-0.39, 0.29) is 5.41 Å². The molecule has 0 unspecified atom stereocenters. The van der Waals surface area contributed by atoms with E-state index in [9.17, 15) is 0 Å². The molecule has 0 atom stereocenters. The van der Waals surface area contributed by atoms with Crippen molar-refractivity contribution < 1.29 is 0 Å². The zero-order valence-corrected chi connectivity index (χ0v) is 10.4. The molecule has 0 spiro atoms. The monoisotopic (exact) mass is 205 g/mol. The van der Waals surface area contributed by atoms with Gasteiger partial charge in [-0.2, -0.15) is 0 Å². The molecule has 0 aliphatic carbocycles. The third-order valence-corrected chi connectivity index (χ3v) is 2.88. The summed E-state index contributed by atoms with van der Waals surface area (Å²) in [5.74, 6) is 0.613. The van der Waals surface area contributed by atoms with E-state index in [0.29, 0.717) is 5.92 Å². The molecule has 0 radical (unpaired) electrons. The maximum atomic E-state index is 5.73. The van der Waals surface area contributed by atoms with E-state index >= 15 is 0 Å². The maximum absolute atomic E-state index is 5.73. The van der Waals surface area contributed by atoms with E-state index in [1.165, 1.54) is 11.1 Å². The van der Waals surface area contributed by atoms with Gasteiger partial charge in [-0.1, -0.05) is 52.0 Å². The quantitative estimate of drug-likeness (QED) is 0.801. The highest BCUT2D eigenvalue weighted by Gasteiger charge is 2.15. The Balaban J connectivity index is 2.73. The molecule has 1 heteroatoms. The first kappa shape index (κ1) is 12.3. The van der Waals surface area contributed by atoms with Crippen LogP contribution < -0.4 is 5.73 Å². The van der Waals surface area contributed by atoms with Crippen LogP contribution in [0.4, 0.5) is 0 Å². The molecule has 0 saturated carbocycles. The summed E-state index contributed by atoms with van der Waals surface area (Å²) in [6.45, 7) is 9.60. The second-order valence-corrected chi connectivity index (χ2v) is 5.44. The van der Waals surface area contributed by atoms with Gasteiger partial charge >= 0.3 is 0 Å². The van der Waals surface area contributed by atoms with E-state index in [1.807, 2.05) is 0 Å². The summed E-state index contributed by atoms with van der Waals surface area (Å²) in [4.78, 5) is 0. The molecular weight excluding hydrogens is 182 g/mol. The van der Waals surface area contributed by atoms with Gasteiger partial charge in [0.05, 0.1) is 0 Å². The van der Waals surface area contributed by atoms with Gasteiger partial charge in [0, 0.05) is 0 Å². The van der Waals surface area contributed by atoms with Crippen molar-refractivity contribution in [1.82, 2.24) is 0 Å². The van der Waals surface area contributed by atoms with Gasteiger partial charge < -0.3 is 5.73 Å². The summed E-state index contributed by atoms with van der Waals surface area (Å²) in [6.07, 6.45) is 1.06. The normalized spacial score (nSPS) is 12.1. The highest BCUT2D eigenvalue weighted by Crippen LogP contribution is 2.22. The lowest BCUT2D eigenvalue weighted by Crippen LogP contribution is -2.25. The molecule has 1 aromatic rings. The lowest BCUT2D eigenvalue weighted by molar-refractivity contribution is 0.377. The first-order chi connectivity index (χ1) is 6.94. The Morgan fingerprint density at radius 3 is 2.07 bits per heavy atom. The van der Waals surface area contributed by atoms with Crippen LogP contribution in [0, 0.1) is 5.41 Å². The van der Waals surface area contributed by atoms with Gasteiger partial charge in [-0.3, -0.25) is 0 Å². The highest BCUT2D eigenvalue weighted by atomic mass is 14.6. The fourth-order valence-corrected chi connectivity index (χ4v) is 1.65. The molecule has 15 heavy (non-hydrogen) atoms. The van der Waals surface area contributed by atoms with E-state index in [4.69, 9.17) is 5.73 Å². The van der Waals surface area contributed by atoms with Gasteiger partial charge in [-0.05, 0) is 35.4 Å². The Morgan fingerprint density at radius 2 is 1.67 bits per heavy atom. The Labute approximate surface area is 93.7 Å². The molecule has 0 aliphatic rings. The number of rotatable bonds is 4. The van der Waals surface area contributed by atoms with E-state index < -0.39 is 0 Å². The van der Waals surface area contributed by atoms with Crippen molar-refractivity contribution in [2.45, 2.75) is 40.0 Å². The molecular formula is C14H23N. The van der Waals surface area contributed by atoms with Crippen LogP contribution >= 0.6 is 0 Å². The van der Waals surface area contributed by atoms with Crippen molar-refractivity contribution in [2.24, 2.45) is 11.1 Å². The number of hydrogen-bond donors (Lipinski definition) is 1. The third kappa shape index (κ3) is 3.67. The van der Waals surface area contributed by atoms with E-state index in [0.717, 1.165) is 13.0 Å². The molecule has 0 fully saturated rings. The minimum absolute atomic E-state index is 0.208. The predicted molar refractivity (Wildman–Crippen MR) is 67.1 cm³/mol. The summed E-state index contributed by atoms with van der Waals surface area (Å²) in [7, 11) is 0. The van der Waals surface area contributed by atoms with Crippen molar-refractivity contribution >= 4 is 0 Å². The van der Waals surface area contributed by atoms with Crippen LogP contribution in [0.15, 0.2) is 24.3 Å². The second kappa shape index (κ2) is 4.80. The van der Waals surface area contributed by atoms with Crippen molar-refractivity contribution in [2.75, 3.05) is 6.54 Å². The van der Waals surface area contributed by atoms with Crippen molar-refractivity contribution in [3.8, 4) is 0 Å². The maximum Gasteiger partial charge on any atom is -0.00226 e. The molecule has 1 nitrogen and oxygen atoms in total. The van der Waals surface area contributed by atoms with Crippen LogP contribution in [-0.4, -0.2) is 6.54 Å². The van der Waals surface area contributed by atoms with E-state index in [2.05, 4.69) is 52.0 Å². The van der Waals surface area contributed by atoms with E-state index in [1.54, 1.807) is 0 Å². The summed E-state index contributed by atoms with van der Waals surface area (Å²) < 4.78 is 0. The summed E-state index contributed by atoms with van der Waals surface area (Å²) in [5, 5.41) is 0. The molecule has 2 N–H and O–H groups in total. The third-order valence-electron chi connectivity index (χ3n) is 2.88. The lowest BCUT2D eigenvalue weighted by Gasteiger charge is -2.22. The molecule has 0 heterocycles. The highest BCUT2D eigenvalue weighted by molar-refractivity contribution is 5.25. The van der Waals surface area contributed by atoms with Crippen LogP contribution in [0.5, 0.6) is 0 Å². The summed E-state index contributed by atoms with van der Waals surface area (Å²) in [6, 6.07) is 8.92. The minimum atomic E-state index is 0.208. The number of nitrogens with two attached hydrogens (primary N) is 1. The zero-order valence-electron chi connectivity index (χ0n) is 10.4. The average molecular weight is 205 g/mol. The van der Waals surface area contributed by atoms with Gasteiger partial charge in [0.15, 0.2) is 0 Å². The molecule has 1 rings (SSSR count). The van der Waals surface area contributed by atoms with Crippen LogP contribution in [0.3, 0.4) is 0 Å². The summed E-state index contributed by atoms with van der Waals surface area (Å²) >= 11 is 0. The molecule has 0 aromatic heterocycles. The molecule has 0 aliphatic heterocycles. The number of hydrogen-bond acceptors (Lipinski definition) is 1. The Hall–Kier alpha value is -0.820. The van der Waals surface area contributed by atoms with Crippen LogP contribution in [0.1, 0.15) is 44.7 Å². The van der Waals surface area contributed by atoms with Gasteiger partial charge in [0.25, 0.3) is 0 Å². The largest absolute Gasteiger partial charge is 0.330 e. The zero-order chi connectivity index (χ0) is 11.5. The number of benzene rings is 1. The van der Waals surface area contributed by atoms with Crippen molar-refractivity contribution in [3.63, 3.8) is 0 Å². The van der Waals surface area contributed by atoms with Gasteiger partial charge in [0.2, 0.25) is 0 Å². The topological polar surface area (TPSA) is 26.0 Å². The first-order valence-electron chi connectivity index (χ1n) is 5.73. The Bertz CT molecular complexity index is 296. The first-order valence-corrected chi connectivity index (χ1v) is 5.73. The van der Waals surface area contributed by atoms with Crippen LogP contribution in [-0.2, 0) is 6.42 Å². The van der Waals surface area contributed by atoms with Crippen LogP contribution in [0.25, 0.3) is 0 Å². The smallest absolute Gasteiger partial charge is 0.00226 e. The SMILES string of the molecule is CC(C)c1ccc(CC(C)(C)CN)cc1.